The Bertz CT molecular complexity index is 484. The fraction of sp³-hybridized carbons (Fsp3) is 0.400. The SMILES string of the molecule is CNCC1CS(=O)(=O)c2cccc(Br)c21. The van der Waals surface area contributed by atoms with Crippen molar-refractivity contribution in [1.82, 2.24) is 5.32 Å². The van der Waals surface area contributed by atoms with E-state index in [1.165, 1.54) is 0 Å². The highest BCUT2D eigenvalue weighted by molar-refractivity contribution is 9.10. The van der Waals surface area contributed by atoms with E-state index in [1.54, 1.807) is 12.1 Å². The molecule has 0 aromatic heterocycles. The number of hydrogen-bond acceptors (Lipinski definition) is 3. The van der Waals surface area contributed by atoms with Crippen molar-refractivity contribution in [3.05, 3.63) is 28.2 Å². The summed E-state index contributed by atoms with van der Waals surface area (Å²) in [5.41, 5.74) is 0.923. The first kappa shape index (κ1) is 11.1. The lowest BCUT2D eigenvalue weighted by Gasteiger charge is -2.10. The molecule has 0 amide bonds. The number of benzene rings is 1. The van der Waals surface area contributed by atoms with E-state index >= 15 is 0 Å². The summed E-state index contributed by atoms with van der Waals surface area (Å²) < 4.78 is 24.6. The lowest BCUT2D eigenvalue weighted by Crippen LogP contribution is -2.18. The lowest BCUT2D eigenvalue weighted by atomic mass is 10.0. The van der Waals surface area contributed by atoms with Gasteiger partial charge in [-0.05, 0) is 24.7 Å². The van der Waals surface area contributed by atoms with Crippen molar-refractivity contribution in [2.75, 3.05) is 19.3 Å². The van der Waals surface area contributed by atoms with Crippen molar-refractivity contribution in [2.24, 2.45) is 0 Å². The number of fused-ring (bicyclic) bond motifs is 1. The van der Waals surface area contributed by atoms with Crippen molar-refractivity contribution < 1.29 is 8.42 Å². The average molecular weight is 290 g/mol. The van der Waals surface area contributed by atoms with Gasteiger partial charge in [0.2, 0.25) is 0 Å². The zero-order chi connectivity index (χ0) is 11.1. The van der Waals surface area contributed by atoms with E-state index in [0.29, 0.717) is 11.4 Å². The third-order valence-corrected chi connectivity index (χ3v) is 5.19. The minimum atomic E-state index is -3.07. The summed E-state index contributed by atoms with van der Waals surface area (Å²) in [6, 6.07) is 5.34. The Hall–Kier alpha value is -0.390. The van der Waals surface area contributed by atoms with Gasteiger partial charge in [0.1, 0.15) is 0 Å². The largest absolute Gasteiger partial charge is 0.319 e. The molecule has 3 nitrogen and oxygen atoms in total. The van der Waals surface area contributed by atoms with Gasteiger partial charge in [-0.2, -0.15) is 0 Å². The van der Waals surface area contributed by atoms with Gasteiger partial charge in [-0.3, -0.25) is 0 Å². The van der Waals surface area contributed by atoms with E-state index in [9.17, 15) is 8.42 Å². The minimum Gasteiger partial charge on any atom is -0.319 e. The number of rotatable bonds is 2. The smallest absolute Gasteiger partial charge is 0.179 e. The molecule has 1 aromatic rings. The van der Waals surface area contributed by atoms with E-state index < -0.39 is 9.84 Å². The Balaban J connectivity index is 2.59. The van der Waals surface area contributed by atoms with Crippen LogP contribution in [0.5, 0.6) is 0 Å². The average Bonchev–Trinajstić information content (AvgIpc) is 2.41. The number of hydrogen-bond donors (Lipinski definition) is 1. The van der Waals surface area contributed by atoms with Gasteiger partial charge in [0.05, 0.1) is 10.6 Å². The topological polar surface area (TPSA) is 46.2 Å². The summed E-state index contributed by atoms with van der Waals surface area (Å²) in [6.45, 7) is 0.689. The molecule has 15 heavy (non-hydrogen) atoms. The molecule has 2 rings (SSSR count). The third kappa shape index (κ3) is 1.84. The maximum Gasteiger partial charge on any atom is 0.179 e. The molecule has 1 aliphatic heterocycles. The molecule has 0 fully saturated rings. The molecule has 0 bridgehead atoms. The van der Waals surface area contributed by atoms with Crippen molar-refractivity contribution in [3.8, 4) is 0 Å². The van der Waals surface area contributed by atoms with Crippen molar-refractivity contribution >= 4 is 25.8 Å². The molecule has 1 unspecified atom stereocenters. The third-order valence-electron chi connectivity index (χ3n) is 2.63. The molecule has 1 aliphatic rings. The van der Waals surface area contributed by atoms with Crippen LogP contribution in [0.4, 0.5) is 0 Å². The molecule has 1 aromatic carbocycles. The van der Waals surface area contributed by atoms with Gasteiger partial charge in [0.15, 0.2) is 9.84 Å². The summed E-state index contributed by atoms with van der Waals surface area (Å²) in [6.07, 6.45) is 0. The van der Waals surface area contributed by atoms with Crippen molar-refractivity contribution in [3.63, 3.8) is 0 Å². The van der Waals surface area contributed by atoms with E-state index in [0.717, 1.165) is 10.0 Å². The molecule has 1 heterocycles. The molecular weight excluding hydrogens is 278 g/mol. The zero-order valence-corrected chi connectivity index (χ0v) is 10.7. The Labute approximate surface area is 97.9 Å². The summed E-state index contributed by atoms with van der Waals surface area (Å²) >= 11 is 3.42. The Kier molecular flexibility index (Phi) is 2.87. The van der Waals surface area contributed by atoms with E-state index in [1.807, 2.05) is 13.1 Å². The zero-order valence-electron chi connectivity index (χ0n) is 8.33. The van der Waals surface area contributed by atoms with Gasteiger partial charge < -0.3 is 5.32 Å². The Morgan fingerprint density at radius 1 is 1.53 bits per heavy atom. The van der Waals surface area contributed by atoms with Crippen LogP contribution in [-0.2, 0) is 9.84 Å². The molecular formula is C10H12BrNO2S. The normalized spacial score (nSPS) is 22.7. The second-order valence-electron chi connectivity index (χ2n) is 3.69. The monoisotopic (exact) mass is 289 g/mol. The first-order chi connectivity index (χ1) is 7.06. The fourth-order valence-corrected chi connectivity index (χ4v) is 4.74. The van der Waals surface area contributed by atoms with Gasteiger partial charge in [0.25, 0.3) is 0 Å². The number of likely N-dealkylation sites (N-methyl/N-ethyl adjacent to an activating group) is 1. The molecule has 0 spiro atoms. The summed E-state index contributed by atoms with van der Waals surface area (Å²) in [4.78, 5) is 0.483. The van der Waals surface area contributed by atoms with Crippen LogP contribution in [0.1, 0.15) is 11.5 Å². The quantitative estimate of drug-likeness (QED) is 0.898. The molecule has 1 N–H and O–H groups in total. The maximum absolute atomic E-state index is 11.8. The van der Waals surface area contributed by atoms with Crippen LogP contribution in [0.15, 0.2) is 27.6 Å². The van der Waals surface area contributed by atoms with Gasteiger partial charge >= 0.3 is 0 Å². The summed E-state index contributed by atoms with van der Waals surface area (Å²) in [7, 11) is -1.23. The number of nitrogens with one attached hydrogen (secondary N) is 1. The standard InChI is InChI=1S/C10H12BrNO2S/c1-12-5-7-6-15(13,14)9-4-2-3-8(11)10(7)9/h2-4,7,12H,5-6H2,1H3. The first-order valence-electron chi connectivity index (χ1n) is 4.72. The van der Waals surface area contributed by atoms with Crippen LogP contribution in [0.3, 0.4) is 0 Å². The van der Waals surface area contributed by atoms with Gasteiger partial charge in [-0.1, -0.05) is 22.0 Å². The Morgan fingerprint density at radius 3 is 2.93 bits per heavy atom. The van der Waals surface area contributed by atoms with Crippen LogP contribution in [0, 0.1) is 0 Å². The van der Waals surface area contributed by atoms with Crippen LogP contribution in [-0.4, -0.2) is 27.8 Å². The van der Waals surface area contributed by atoms with E-state index in [2.05, 4.69) is 21.2 Å². The van der Waals surface area contributed by atoms with Gasteiger partial charge in [0, 0.05) is 16.9 Å². The van der Waals surface area contributed by atoms with Crippen LogP contribution >= 0.6 is 15.9 Å². The molecule has 0 radical (unpaired) electrons. The van der Waals surface area contributed by atoms with E-state index in [4.69, 9.17) is 0 Å². The van der Waals surface area contributed by atoms with Crippen molar-refractivity contribution in [2.45, 2.75) is 10.8 Å². The first-order valence-corrected chi connectivity index (χ1v) is 7.16. The molecule has 1 atom stereocenters. The molecule has 0 saturated heterocycles. The lowest BCUT2D eigenvalue weighted by molar-refractivity contribution is 0.595. The minimum absolute atomic E-state index is 0.0607. The van der Waals surface area contributed by atoms with Gasteiger partial charge in [-0.25, -0.2) is 8.42 Å². The molecule has 82 valence electrons. The number of sulfone groups is 1. The maximum atomic E-state index is 11.8. The second-order valence-corrected chi connectivity index (χ2v) is 6.54. The fourth-order valence-electron chi connectivity index (χ4n) is 2.03. The Morgan fingerprint density at radius 2 is 2.27 bits per heavy atom. The highest BCUT2D eigenvalue weighted by Crippen LogP contribution is 2.38. The predicted octanol–water partition coefficient (Wildman–Crippen LogP) is 1.54. The van der Waals surface area contributed by atoms with Crippen LogP contribution in [0.25, 0.3) is 0 Å². The van der Waals surface area contributed by atoms with Gasteiger partial charge in [-0.15, -0.1) is 0 Å². The number of halogens is 1. The van der Waals surface area contributed by atoms with Crippen molar-refractivity contribution in [1.29, 1.82) is 0 Å². The van der Waals surface area contributed by atoms with Crippen LogP contribution < -0.4 is 5.32 Å². The van der Waals surface area contributed by atoms with Crippen LogP contribution in [0.2, 0.25) is 0 Å². The second kappa shape index (κ2) is 3.88. The molecule has 5 heteroatoms. The summed E-state index contributed by atoms with van der Waals surface area (Å²) in [5.74, 6) is 0.275. The predicted molar refractivity (Wildman–Crippen MR) is 62.9 cm³/mol. The highest BCUT2D eigenvalue weighted by Gasteiger charge is 2.35. The summed E-state index contributed by atoms with van der Waals surface area (Å²) in [5, 5.41) is 3.03. The highest BCUT2D eigenvalue weighted by atomic mass is 79.9. The molecule has 0 aliphatic carbocycles. The van der Waals surface area contributed by atoms with E-state index in [-0.39, 0.29) is 11.7 Å². The molecule has 0 saturated carbocycles.